The lowest BCUT2D eigenvalue weighted by molar-refractivity contribution is -0.131. The van der Waals surface area contributed by atoms with E-state index >= 15 is 0 Å². The Morgan fingerprint density at radius 3 is 2.75 bits per heavy atom. The van der Waals surface area contributed by atoms with Gasteiger partial charge in [0.05, 0.1) is 4.88 Å². The molecule has 2 N–H and O–H groups in total. The molecule has 0 bridgehead atoms. The Morgan fingerprint density at radius 2 is 2.15 bits per heavy atom. The third-order valence-electron chi connectivity index (χ3n) is 2.62. The number of carboxylic acids is 1. The number of carboxylic acid groups (broad SMARTS) is 1. The van der Waals surface area contributed by atoms with Gasteiger partial charge in [-0.15, -0.1) is 11.3 Å². The van der Waals surface area contributed by atoms with E-state index in [4.69, 9.17) is 5.11 Å². The fourth-order valence-corrected chi connectivity index (χ4v) is 2.60. The summed E-state index contributed by atoms with van der Waals surface area (Å²) in [6.45, 7) is 3.42. The summed E-state index contributed by atoms with van der Waals surface area (Å²) in [6, 6.07) is 1.79. The zero-order valence-electron chi connectivity index (χ0n) is 12.0. The van der Waals surface area contributed by atoms with Gasteiger partial charge in [-0.05, 0) is 51.7 Å². The number of carbonyl (C=O) groups is 2. The summed E-state index contributed by atoms with van der Waals surface area (Å²) < 4.78 is 0. The van der Waals surface area contributed by atoms with Crippen LogP contribution < -0.4 is 5.32 Å². The van der Waals surface area contributed by atoms with Gasteiger partial charge in [-0.3, -0.25) is 4.79 Å². The van der Waals surface area contributed by atoms with Gasteiger partial charge in [-0.2, -0.15) is 0 Å². The number of carbonyl (C=O) groups excluding carboxylic acids is 1. The minimum absolute atomic E-state index is 0.105. The maximum atomic E-state index is 11.9. The number of amides is 1. The summed E-state index contributed by atoms with van der Waals surface area (Å²) in [4.78, 5) is 25.9. The molecule has 0 radical (unpaired) electrons. The van der Waals surface area contributed by atoms with Crippen molar-refractivity contribution in [3.05, 3.63) is 27.5 Å². The maximum Gasteiger partial charge on any atom is 0.328 e. The number of hydrogen-bond acceptors (Lipinski definition) is 4. The molecule has 0 aromatic carbocycles. The van der Waals surface area contributed by atoms with Crippen molar-refractivity contribution in [1.82, 2.24) is 10.2 Å². The first kappa shape index (κ1) is 16.4. The molecule has 1 heterocycles. The molecule has 0 aliphatic heterocycles. The van der Waals surface area contributed by atoms with Crippen LogP contribution in [-0.2, 0) is 4.79 Å². The van der Waals surface area contributed by atoms with Crippen molar-refractivity contribution in [2.75, 3.05) is 27.2 Å². The van der Waals surface area contributed by atoms with E-state index in [1.54, 1.807) is 6.07 Å². The molecule has 20 heavy (non-hydrogen) atoms. The van der Waals surface area contributed by atoms with Crippen molar-refractivity contribution >= 4 is 29.3 Å². The highest BCUT2D eigenvalue weighted by Gasteiger charge is 2.10. The van der Waals surface area contributed by atoms with Gasteiger partial charge in [0.25, 0.3) is 5.91 Å². The van der Waals surface area contributed by atoms with Crippen LogP contribution in [0.5, 0.6) is 0 Å². The van der Waals surface area contributed by atoms with Crippen molar-refractivity contribution in [2.24, 2.45) is 0 Å². The molecule has 0 fully saturated rings. The largest absolute Gasteiger partial charge is 0.478 e. The second-order valence-corrected chi connectivity index (χ2v) is 5.83. The molecule has 1 aromatic heterocycles. The quantitative estimate of drug-likeness (QED) is 0.595. The number of thiophene rings is 1. The molecule has 0 aliphatic carbocycles. The van der Waals surface area contributed by atoms with Gasteiger partial charge in [0.15, 0.2) is 0 Å². The van der Waals surface area contributed by atoms with Crippen LogP contribution in [0.2, 0.25) is 0 Å². The maximum absolute atomic E-state index is 11.9. The number of aliphatic carboxylic acids is 1. The van der Waals surface area contributed by atoms with Gasteiger partial charge in [0, 0.05) is 17.5 Å². The van der Waals surface area contributed by atoms with Gasteiger partial charge in [-0.25, -0.2) is 4.79 Å². The minimum atomic E-state index is -0.993. The predicted octanol–water partition coefficient (Wildman–Crippen LogP) is 1.84. The van der Waals surface area contributed by atoms with Crippen molar-refractivity contribution in [3.63, 3.8) is 0 Å². The summed E-state index contributed by atoms with van der Waals surface area (Å²) in [5.74, 6) is -1.10. The molecule has 5 nitrogen and oxygen atoms in total. The molecule has 0 spiro atoms. The molecular weight excluding hydrogens is 276 g/mol. The number of nitrogens with zero attached hydrogens (tertiary/aromatic N) is 1. The lowest BCUT2D eigenvalue weighted by Crippen LogP contribution is -2.26. The first-order valence-electron chi connectivity index (χ1n) is 6.34. The molecule has 110 valence electrons. The third-order valence-corrected chi connectivity index (χ3v) is 3.83. The Labute approximate surface area is 122 Å². The summed E-state index contributed by atoms with van der Waals surface area (Å²) in [6.07, 6.45) is 3.50. The van der Waals surface area contributed by atoms with Crippen LogP contribution in [0.4, 0.5) is 0 Å². The van der Waals surface area contributed by atoms with Crippen LogP contribution in [0, 0.1) is 6.92 Å². The van der Waals surface area contributed by atoms with Crippen LogP contribution in [0.25, 0.3) is 6.08 Å². The van der Waals surface area contributed by atoms with E-state index < -0.39 is 5.97 Å². The van der Waals surface area contributed by atoms with E-state index in [9.17, 15) is 9.59 Å². The number of hydrogen-bond donors (Lipinski definition) is 2. The molecule has 0 unspecified atom stereocenters. The smallest absolute Gasteiger partial charge is 0.328 e. The van der Waals surface area contributed by atoms with Gasteiger partial charge in [0.1, 0.15) is 0 Å². The molecular formula is C14H20N2O3S. The van der Waals surface area contributed by atoms with Crippen LogP contribution >= 0.6 is 11.3 Å². The zero-order valence-corrected chi connectivity index (χ0v) is 12.8. The minimum Gasteiger partial charge on any atom is -0.478 e. The molecule has 0 saturated carbocycles. The normalized spacial score (nSPS) is 11.2. The number of aryl methyl sites for hydroxylation is 1. The second-order valence-electron chi connectivity index (χ2n) is 4.74. The fraction of sp³-hybridized carbons (Fsp3) is 0.429. The molecule has 1 amide bonds. The average molecular weight is 296 g/mol. The topological polar surface area (TPSA) is 69.6 Å². The monoisotopic (exact) mass is 296 g/mol. The van der Waals surface area contributed by atoms with Crippen LogP contribution in [-0.4, -0.2) is 49.1 Å². The summed E-state index contributed by atoms with van der Waals surface area (Å²) in [7, 11) is 3.98. The summed E-state index contributed by atoms with van der Waals surface area (Å²) in [5.41, 5.74) is 0.908. The predicted molar refractivity (Wildman–Crippen MR) is 81.2 cm³/mol. The van der Waals surface area contributed by atoms with E-state index in [1.807, 2.05) is 21.0 Å². The molecule has 0 aliphatic rings. The van der Waals surface area contributed by atoms with Crippen LogP contribution in [0.15, 0.2) is 12.1 Å². The average Bonchev–Trinajstić information content (AvgIpc) is 2.73. The number of rotatable bonds is 7. The van der Waals surface area contributed by atoms with Crippen molar-refractivity contribution < 1.29 is 14.7 Å². The Bertz CT molecular complexity index is 507. The second kappa shape index (κ2) is 7.81. The standard InChI is InChI=1S/C14H20N2O3S/c1-10-9-12(20-11(10)5-6-13(17)18)14(19)15-7-4-8-16(2)3/h5-6,9H,4,7-8H2,1-3H3,(H,15,19)(H,17,18)/b6-5+. The highest BCUT2D eigenvalue weighted by molar-refractivity contribution is 7.15. The lowest BCUT2D eigenvalue weighted by atomic mass is 10.2. The summed E-state index contributed by atoms with van der Waals surface area (Å²) in [5, 5.41) is 11.5. The molecule has 1 rings (SSSR count). The molecule has 6 heteroatoms. The lowest BCUT2D eigenvalue weighted by Gasteiger charge is -2.09. The van der Waals surface area contributed by atoms with E-state index in [1.165, 1.54) is 17.4 Å². The molecule has 0 saturated heterocycles. The van der Waals surface area contributed by atoms with Gasteiger partial charge in [0.2, 0.25) is 0 Å². The van der Waals surface area contributed by atoms with Crippen molar-refractivity contribution in [1.29, 1.82) is 0 Å². The fourth-order valence-electron chi connectivity index (χ4n) is 1.60. The molecule has 1 aromatic rings. The Balaban J connectivity index is 2.57. The Hall–Kier alpha value is -1.66. The SMILES string of the molecule is Cc1cc(C(=O)NCCCN(C)C)sc1/C=C/C(=O)O. The van der Waals surface area contributed by atoms with E-state index in [0.29, 0.717) is 11.4 Å². The zero-order chi connectivity index (χ0) is 15.1. The van der Waals surface area contributed by atoms with Crippen molar-refractivity contribution in [2.45, 2.75) is 13.3 Å². The third kappa shape index (κ3) is 5.54. The Morgan fingerprint density at radius 1 is 1.45 bits per heavy atom. The van der Waals surface area contributed by atoms with Crippen molar-refractivity contribution in [3.8, 4) is 0 Å². The molecule has 0 atom stereocenters. The first-order chi connectivity index (χ1) is 9.40. The van der Waals surface area contributed by atoms with Gasteiger partial charge < -0.3 is 15.3 Å². The van der Waals surface area contributed by atoms with Gasteiger partial charge in [-0.1, -0.05) is 0 Å². The summed E-state index contributed by atoms with van der Waals surface area (Å²) >= 11 is 1.30. The highest BCUT2D eigenvalue weighted by Crippen LogP contribution is 2.23. The van der Waals surface area contributed by atoms with Gasteiger partial charge >= 0.3 is 5.97 Å². The highest BCUT2D eigenvalue weighted by atomic mass is 32.1. The van der Waals surface area contributed by atoms with E-state index in [0.717, 1.165) is 29.5 Å². The van der Waals surface area contributed by atoms with E-state index in [2.05, 4.69) is 10.2 Å². The van der Waals surface area contributed by atoms with Crippen LogP contribution in [0.3, 0.4) is 0 Å². The first-order valence-corrected chi connectivity index (χ1v) is 7.16. The van der Waals surface area contributed by atoms with E-state index in [-0.39, 0.29) is 5.91 Å². The Kier molecular flexibility index (Phi) is 6.41. The number of nitrogens with one attached hydrogen (secondary N) is 1. The van der Waals surface area contributed by atoms with Crippen LogP contribution in [0.1, 0.15) is 26.5 Å².